The summed E-state index contributed by atoms with van der Waals surface area (Å²) < 4.78 is 45.9. The fraction of sp³-hybridized carbons (Fsp3) is 0.429. The van der Waals surface area contributed by atoms with Crippen molar-refractivity contribution in [2.75, 3.05) is 13.2 Å². The summed E-state index contributed by atoms with van der Waals surface area (Å²) in [5.74, 6) is -0.191. The van der Waals surface area contributed by atoms with Gasteiger partial charge in [-0.3, -0.25) is 0 Å². The molecule has 0 bridgehead atoms. The molecule has 1 saturated carbocycles. The second-order valence-electron chi connectivity index (χ2n) is 7.17. The van der Waals surface area contributed by atoms with Crippen molar-refractivity contribution in [3.05, 3.63) is 60.2 Å². The number of ether oxygens (including phenoxy) is 3. The van der Waals surface area contributed by atoms with E-state index in [1.165, 1.54) is 0 Å². The highest BCUT2D eigenvalue weighted by atomic mass is 32.2. The van der Waals surface area contributed by atoms with E-state index in [9.17, 15) is 8.42 Å². The Balaban J connectivity index is 1.42. The van der Waals surface area contributed by atoms with Gasteiger partial charge in [0.2, 0.25) is 10.0 Å². The van der Waals surface area contributed by atoms with Gasteiger partial charge in [-0.1, -0.05) is 36.8 Å². The predicted molar refractivity (Wildman–Crippen MR) is 104 cm³/mol. The van der Waals surface area contributed by atoms with Gasteiger partial charge in [-0.15, -0.1) is 0 Å². The van der Waals surface area contributed by atoms with Crippen LogP contribution in [-0.4, -0.2) is 33.5 Å². The zero-order valence-corrected chi connectivity index (χ0v) is 16.5. The van der Waals surface area contributed by atoms with Gasteiger partial charge >= 0.3 is 0 Å². The van der Waals surface area contributed by atoms with Crippen LogP contribution in [-0.2, 0) is 26.1 Å². The summed E-state index contributed by atoms with van der Waals surface area (Å²) in [6.07, 6.45) is 3.35. The lowest BCUT2D eigenvalue weighted by Crippen LogP contribution is -2.55. The second-order valence-corrected chi connectivity index (χ2v) is 8.89. The van der Waals surface area contributed by atoms with Crippen LogP contribution in [0.4, 0.5) is 0 Å². The lowest BCUT2D eigenvalue weighted by Gasteiger charge is -2.39. The van der Waals surface area contributed by atoms with Crippen LogP contribution in [0.2, 0.25) is 0 Å². The van der Waals surface area contributed by atoms with Crippen molar-refractivity contribution < 1.29 is 22.6 Å². The highest BCUT2D eigenvalue weighted by molar-refractivity contribution is 7.89. The Morgan fingerprint density at radius 3 is 2.43 bits per heavy atom. The van der Waals surface area contributed by atoms with Gasteiger partial charge in [-0.2, -0.15) is 0 Å². The minimum absolute atomic E-state index is 0.207. The number of hydrogen-bond donors (Lipinski definition) is 1. The highest BCUT2D eigenvalue weighted by Crippen LogP contribution is 2.36. The Morgan fingerprint density at radius 2 is 1.71 bits per heavy atom. The average molecular weight is 404 g/mol. The molecule has 1 unspecified atom stereocenters. The van der Waals surface area contributed by atoms with Gasteiger partial charge in [0, 0.05) is 6.42 Å². The molecule has 0 radical (unpaired) electrons. The topological polar surface area (TPSA) is 73.9 Å². The van der Waals surface area contributed by atoms with E-state index in [0.717, 1.165) is 18.4 Å². The van der Waals surface area contributed by atoms with Gasteiger partial charge in [-0.25, -0.2) is 13.1 Å². The SMILES string of the molecule is O=S(=O)(NC1CCCCC12OCCO2)c1ccc(OCc2ccccc2)cc1. The molecule has 150 valence electrons. The van der Waals surface area contributed by atoms with Gasteiger partial charge in [-0.05, 0) is 42.7 Å². The van der Waals surface area contributed by atoms with Crippen molar-refractivity contribution in [1.29, 1.82) is 0 Å². The maximum absolute atomic E-state index is 12.9. The van der Waals surface area contributed by atoms with Gasteiger partial charge in [0.25, 0.3) is 0 Å². The summed E-state index contributed by atoms with van der Waals surface area (Å²) in [4.78, 5) is 0.207. The van der Waals surface area contributed by atoms with Gasteiger partial charge in [0.15, 0.2) is 5.79 Å². The van der Waals surface area contributed by atoms with E-state index in [1.807, 2.05) is 30.3 Å². The quantitative estimate of drug-likeness (QED) is 0.802. The zero-order valence-electron chi connectivity index (χ0n) is 15.7. The Bertz CT molecular complexity index is 877. The van der Waals surface area contributed by atoms with E-state index in [1.54, 1.807) is 24.3 Å². The van der Waals surface area contributed by atoms with Gasteiger partial charge in [0.1, 0.15) is 12.4 Å². The molecular formula is C21H25NO5S. The first-order valence-corrected chi connectivity index (χ1v) is 11.1. The van der Waals surface area contributed by atoms with Crippen molar-refractivity contribution in [1.82, 2.24) is 4.72 Å². The summed E-state index contributed by atoms with van der Waals surface area (Å²) >= 11 is 0. The van der Waals surface area contributed by atoms with Gasteiger partial charge in [0.05, 0.1) is 24.2 Å². The van der Waals surface area contributed by atoms with E-state index in [-0.39, 0.29) is 10.9 Å². The summed E-state index contributed by atoms with van der Waals surface area (Å²) in [5, 5.41) is 0. The fourth-order valence-electron chi connectivity index (χ4n) is 3.79. The lowest BCUT2D eigenvalue weighted by atomic mass is 9.90. The molecule has 1 spiro atoms. The number of benzene rings is 2. The van der Waals surface area contributed by atoms with Crippen molar-refractivity contribution in [3.63, 3.8) is 0 Å². The molecule has 1 aliphatic carbocycles. The van der Waals surface area contributed by atoms with E-state index in [4.69, 9.17) is 14.2 Å². The molecule has 2 fully saturated rings. The normalized spacial score (nSPS) is 21.6. The molecule has 4 rings (SSSR count). The maximum atomic E-state index is 12.9. The first-order chi connectivity index (χ1) is 13.6. The van der Waals surface area contributed by atoms with Crippen LogP contribution in [0.5, 0.6) is 5.75 Å². The molecule has 1 heterocycles. The van der Waals surface area contributed by atoms with Crippen LogP contribution in [0.3, 0.4) is 0 Å². The van der Waals surface area contributed by atoms with Crippen LogP contribution in [0.15, 0.2) is 59.5 Å². The van der Waals surface area contributed by atoms with Crippen LogP contribution in [0.25, 0.3) is 0 Å². The third-order valence-corrected chi connectivity index (χ3v) is 6.74. The smallest absolute Gasteiger partial charge is 0.241 e. The summed E-state index contributed by atoms with van der Waals surface area (Å²) in [6.45, 7) is 1.45. The fourth-order valence-corrected chi connectivity index (χ4v) is 5.09. The Kier molecular flexibility index (Phi) is 5.68. The van der Waals surface area contributed by atoms with E-state index < -0.39 is 15.8 Å². The first kappa shape index (κ1) is 19.4. The number of hydrogen-bond acceptors (Lipinski definition) is 5. The summed E-state index contributed by atoms with van der Waals surface area (Å²) in [7, 11) is -3.67. The molecule has 2 aromatic carbocycles. The molecule has 7 heteroatoms. The van der Waals surface area contributed by atoms with Crippen molar-refractivity contribution >= 4 is 10.0 Å². The molecule has 0 amide bonds. The molecule has 1 aliphatic heterocycles. The molecule has 1 atom stereocenters. The number of rotatable bonds is 6. The monoisotopic (exact) mass is 403 g/mol. The molecule has 28 heavy (non-hydrogen) atoms. The molecule has 6 nitrogen and oxygen atoms in total. The standard InChI is InChI=1S/C21H25NO5S/c23-28(24,22-20-8-4-5-13-21(20)26-14-15-27-21)19-11-9-18(10-12-19)25-16-17-6-2-1-3-7-17/h1-3,6-7,9-12,20,22H,4-5,8,13-16H2. The molecule has 0 aromatic heterocycles. The van der Waals surface area contributed by atoms with Gasteiger partial charge < -0.3 is 14.2 Å². The van der Waals surface area contributed by atoms with Crippen LogP contribution >= 0.6 is 0 Å². The molecule has 1 saturated heterocycles. The Hall–Kier alpha value is -1.93. The maximum Gasteiger partial charge on any atom is 0.241 e. The molecule has 1 N–H and O–H groups in total. The summed E-state index contributed by atoms with van der Waals surface area (Å²) in [6, 6.07) is 15.9. The third kappa shape index (κ3) is 4.22. The van der Waals surface area contributed by atoms with Crippen molar-refractivity contribution in [2.45, 2.75) is 49.0 Å². The molecular weight excluding hydrogens is 378 g/mol. The predicted octanol–water partition coefficient (Wildman–Crippen LogP) is 3.23. The van der Waals surface area contributed by atoms with Crippen LogP contribution in [0, 0.1) is 0 Å². The van der Waals surface area contributed by atoms with Crippen LogP contribution in [0.1, 0.15) is 31.2 Å². The van der Waals surface area contributed by atoms with E-state index >= 15 is 0 Å². The minimum atomic E-state index is -3.67. The second kappa shape index (κ2) is 8.21. The Morgan fingerprint density at radius 1 is 1.00 bits per heavy atom. The number of nitrogens with one attached hydrogen (secondary N) is 1. The molecule has 2 aliphatic rings. The van der Waals surface area contributed by atoms with Crippen LogP contribution < -0.4 is 9.46 Å². The third-order valence-electron chi connectivity index (χ3n) is 5.25. The average Bonchev–Trinajstić information content (AvgIpc) is 3.18. The zero-order chi connectivity index (χ0) is 19.5. The largest absolute Gasteiger partial charge is 0.489 e. The Labute approximate surface area is 165 Å². The van der Waals surface area contributed by atoms with E-state index in [2.05, 4.69) is 4.72 Å². The lowest BCUT2D eigenvalue weighted by molar-refractivity contribution is -0.191. The highest BCUT2D eigenvalue weighted by Gasteiger charge is 2.47. The minimum Gasteiger partial charge on any atom is -0.489 e. The van der Waals surface area contributed by atoms with E-state index in [0.29, 0.717) is 38.4 Å². The molecule has 2 aromatic rings. The summed E-state index contributed by atoms with van der Waals surface area (Å²) in [5.41, 5.74) is 1.06. The van der Waals surface area contributed by atoms with Crippen molar-refractivity contribution in [2.24, 2.45) is 0 Å². The first-order valence-electron chi connectivity index (χ1n) is 9.64. The van der Waals surface area contributed by atoms with Crippen molar-refractivity contribution in [3.8, 4) is 5.75 Å². The number of sulfonamides is 1.